The summed E-state index contributed by atoms with van der Waals surface area (Å²) in [5.74, 6) is 0.727. The molecule has 23 heavy (non-hydrogen) atoms. The summed E-state index contributed by atoms with van der Waals surface area (Å²) >= 11 is 1.74. The maximum absolute atomic E-state index is 12.0. The number of thiophene rings is 1. The van der Waals surface area contributed by atoms with Crippen molar-refractivity contribution >= 4 is 17.2 Å². The molecule has 2 rings (SSSR count). The molecule has 2 aromatic rings. The molecule has 1 aromatic heterocycles. The van der Waals surface area contributed by atoms with E-state index in [9.17, 15) is 4.79 Å². The fraction of sp³-hybridized carbons (Fsp3) is 0.421. The molecule has 1 aromatic carbocycles. The van der Waals surface area contributed by atoms with Crippen molar-refractivity contribution in [3.8, 4) is 0 Å². The molecular weight excluding hydrogens is 304 g/mol. The Hall–Kier alpha value is -1.65. The van der Waals surface area contributed by atoms with Crippen molar-refractivity contribution in [2.24, 2.45) is 5.92 Å². The molecule has 3 N–H and O–H groups in total. The van der Waals surface area contributed by atoms with Gasteiger partial charge in [-0.3, -0.25) is 4.79 Å². The fourth-order valence-electron chi connectivity index (χ4n) is 2.46. The molecule has 0 radical (unpaired) electrons. The molecule has 0 spiro atoms. The third kappa shape index (κ3) is 5.81. The third-order valence-electron chi connectivity index (χ3n) is 3.87. The number of hydrogen-bond acceptors (Lipinski definition) is 2. The van der Waals surface area contributed by atoms with E-state index in [1.807, 2.05) is 0 Å². The lowest BCUT2D eigenvalue weighted by Crippen LogP contribution is -2.87. The summed E-state index contributed by atoms with van der Waals surface area (Å²) in [6.07, 6.45) is 1.03. The zero-order chi connectivity index (χ0) is 16.7. The van der Waals surface area contributed by atoms with E-state index < -0.39 is 0 Å². The highest BCUT2D eigenvalue weighted by Gasteiger charge is 2.19. The van der Waals surface area contributed by atoms with Crippen LogP contribution >= 0.6 is 11.3 Å². The molecular formula is C19H27N2OS+. The van der Waals surface area contributed by atoms with Gasteiger partial charge >= 0.3 is 0 Å². The van der Waals surface area contributed by atoms with Crippen molar-refractivity contribution in [1.29, 1.82) is 0 Å². The van der Waals surface area contributed by atoms with Gasteiger partial charge < -0.3 is 10.6 Å². The van der Waals surface area contributed by atoms with Gasteiger partial charge in [-0.25, -0.2) is 0 Å². The molecule has 0 bridgehead atoms. The van der Waals surface area contributed by atoms with Crippen LogP contribution in [0.4, 0.5) is 0 Å². The molecule has 0 unspecified atom stereocenters. The van der Waals surface area contributed by atoms with Gasteiger partial charge in [0.25, 0.3) is 5.91 Å². The smallest absolute Gasteiger partial charge is 0.275 e. The Kier molecular flexibility index (Phi) is 6.81. The van der Waals surface area contributed by atoms with Gasteiger partial charge in [-0.2, -0.15) is 0 Å². The molecule has 0 aliphatic rings. The zero-order valence-electron chi connectivity index (χ0n) is 14.2. The van der Waals surface area contributed by atoms with Gasteiger partial charge in [0, 0.05) is 12.1 Å². The zero-order valence-corrected chi connectivity index (χ0v) is 15.0. The molecule has 4 heteroatoms. The summed E-state index contributed by atoms with van der Waals surface area (Å²) in [5, 5.41) is 7.22. The van der Waals surface area contributed by atoms with Crippen LogP contribution in [-0.4, -0.2) is 19.0 Å². The van der Waals surface area contributed by atoms with Gasteiger partial charge in [-0.15, -0.1) is 11.3 Å². The highest BCUT2D eigenvalue weighted by atomic mass is 32.1. The summed E-state index contributed by atoms with van der Waals surface area (Å²) < 4.78 is 0. The lowest BCUT2D eigenvalue weighted by Gasteiger charge is -2.15. The molecule has 3 nitrogen and oxygen atoms in total. The summed E-state index contributed by atoms with van der Waals surface area (Å²) in [5.41, 5.74) is 2.50. The van der Waals surface area contributed by atoms with Gasteiger partial charge in [0.05, 0.1) is 4.88 Å². The van der Waals surface area contributed by atoms with E-state index in [0.29, 0.717) is 12.5 Å². The number of carbonyl (C=O) groups excluding carboxylic acids is 1. The van der Waals surface area contributed by atoms with Crippen LogP contribution in [0.5, 0.6) is 0 Å². The highest BCUT2D eigenvalue weighted by molar-refractivity contribution is 7.10. The van der Waals surface area contributed by atoms with Crippen LogP contribution in [0, 0.1) is 12.8 Å². The van der Waals surface area contributed by atoms with E-state index in [0.717, 1.165) is 13.0 Å². The largest absolute Gasteiger partial charge is 0.351 e. The van der Waals surface area contributed by atoms with Crippen LogP contribution in [0.15, 0.2) is 41.8 Å². The second kappa shape index (κ2) is 8.85. The van der Waals surface area contributed by atoms with E-state index in [4.69, 9.17) is 0 Å². The van der Waals surface area contributed by atoms with Crippen LogP contribution in [0.3, 0.4) is 0 Å². The SMILES string of the molecule is Cc1ccc([C@@H]([NH2+]CC(=O)NCCC(C)C)c2cccs2)cc1. The second-order valence-corrected chi connectivity index (χ2v) is 7.36. The number of hydrogen-bond donors (Lipinski definition) is 2. The van der Waals surface area contributed by atoms with Crippen LogP contribution in [0.1, 0.15) is 42.3 Å². The van der Waals surface area contributed by atoms with E-state index in [-0.39, 0.29) is 11.9 Å². The molecule has 0 saturated heterocycles. The van der Waals surface area contributed by atoms with Gasteiger partial charge in [-0.1, -0.05) is 49.7 Å². The minimum atomic E-state index is 0.110. The first kappa shape index (κ1) is 17.7. The Morgan fingerprint density at radius 3 is 2.57 bits per heavy atom. The van der Waals surface area contributed by atoms with Crippen molar-refractivity contribution in [1.82, 2.24) is 5.32 Å². The monoisotopic (exact) mass is 331 g/mol. The third-order valence-corrected chi connectivity index (χ3v) is 4.82. The molecule has 124 valence electrons. The number of nitrogens with two attached hydrogens (primary N) is 1. The van der Waals surface area contributed by atoms with Gasteiger partial charge in [0.15, 0.2) is 6.54 Å². The summed E-state index contributed by atoms with van der Waals surface area (Å²) in [4.78, 5) is 13.3. The minimum Gasteiger partial charge on any atom is -0.351 e. The molecule has 1 atom stereocenters. The number of amides is 1. The molecule has 0 aliphatic carbocycles. The highest BCUT2D eigenvalue weighted by Crippen LogP contribution is 2.22. The van der Waals surface area contributed by atoms with Crippen LogP contribution in [0.25, 0.3) is 0 Å². The standard InChI is InChI=1S/C19H26N2OS/c1-14(2)10-11-20-18(22)13-21-19(17-5-4-12-23-17)16-8-6-15(3)7-9-16/h4-9,12,14,19,21H,10-11,13H2,1-3H3,(H,20,22)/p+1/t19-/m1/s1. The Bertz CT molecular complexity index is 590. The normalized spacial score (nSPS) is 12.3. The fourth-order valence-corrected chi connectivity index (χ4v) is 3.31. The number of aryl methyl sites for hydroxylation is 1. The van der Waals surface area contributed by atoms with Crippen LogP contribution < -0.4 is 10.6 Å². The average molecular weight is 332 g/mol. The number of nitrogens with one attached hydrogen (secondary N) is 1. The van der Waals surface area contributed by atoms with Crippen molar-refractivity contribution in [3.05, 3.63) is 57.8 Å². The predicted octanol–water partition coefficient (Wildman–Crippen LogP) is 2.87. The Morgan fingerprint density at radius 1 is 1.22 bits per heavy atom. The predicted molar refractivity (Wildman–Crippen MR) is 96.6 cm³/mol. The first-order chi connectivity index (χ1) is 11.1. The molecule has 0 saturated carbocycles. The average Bonchev–Trinajstić information content (AvgIpc) is 3.03. The maximum Gasteiger partial charge on any atom is 0.275 e. The number of rotatable bonds is 8. The van der Waals surface area contributed by atoms with Crippen LogP contribution in [-0.2, 0) is 4.79 Å². The lowest BCUT2D eigenvalue weighted by molar-refractivity contribution is -0.676. The molecule has 1 amide bonds. The minimum absolute atomic E-state index is 0.110. The van der Waals surface area contributed by atoms with E-state index in [2.05, 4.69) is 73.2 Å². The Morgan fingerprint density at radius 2 is 1.96 bits per heavy atom. The van der Waals surface area contributed by atoms with Gasteiger partial charge in [-0.05, 0) is 30.7 Å². The molecule has 0 aliphatic heterocycles. The van der Waals surface area contributed by atoms with Gasteiger partial charge in [0.1, 0.15) is 6.04 Å². The number of benzene rings is 1. The second-order valence-electron chi connectivity index (χ2n) is 6.38. The molecule has 1 heterocycles. The topological polar surface area (TPSA) is 45.7 Å². The van der Waals surface area contributed by atoms with Gasteiger partial charge in [0.2, 0.25) is 0 Å². The van der Waals surface area contributed by atoms with Crippen molar-refractivity contribution in [2.75, 3.05) is 13.1 Å². The Labute approximate surface area is 143 Å². The van der Waals surface area contributed by atoms with E-state index in [1.54, 1.807) is 11.3 Å². The number of carbonyl (C=O) groups is 1. The van der Waals surface area contributed by atoms with Crippen LogP contribution in [0.2, 0.25) is 0 Å². The quantitative estimate of drug-likeness (QED) is 0.768. The first-order valence-electron chi connectivity index (χ1n) is 8.26. The first-order valence-corrected chi connectivity index (χ1v) is 9.14. The number of quaternary nitrogens is 1. The van der Waals surface area contributed by atoms with Crippen molar-refractivity contribution < 1.29 is 10.1 Å². The van der Waals surface area contributed by atoms with E-state index in [1.165, 1.54) is 16.0 Å². The summed E-state index contributed by atoms with van der Waals surface area (Å²) in [6, 6.07) is 13.0. The summed E-state index contributed by atoms with van der Waals surface area (Å²) in [6.45, 7) is 7.65. The van der Waals surface area contributed by atoms with E-state index >= 15 is 0 Å². The molecule has 0 fully saturated rings. The summed E-state index contributed by atoms with van der Waals surface area (Å²) in [7, 11) is 0. The van der Waals surface area contributed by atoms with Crippen molar-refractivity contribution in [2.45, 2.75) is 33.2 Å². The van der Waals surface area contributed by atoms with Crippen molar-refractivity contribution in [3.63, 3.8) is 0 Å². The lowest BCUT2D eigenvalue weighted by atomic mass is 10.0. The maximum atomic E-state index is 12.0. The Balaban J connectivity index is 1.96.